The van der Waals surface area contributed by atoms with E-state index in [0.29, 0.717) is 49.0 Å². The van der Waals surface area contributed by atoms with E-state index in [2.05, 4.69) is 15.1 Å². The second-order valence-corrected chi connectivity index (χ2v) is 13.6. The number of carbonyl (C=O) groups is 1. The number of hydrogen-bond donors (Lipinski definition) is 5. The summed E-state index contributed by atoms with van der Waals surface area (Å²) in [4.78, 5) is 28.5. The van der Waals surface area contributed by atoms with Crippen molar-refractivity contribution in [2.75, 3.05) is 50.5 Å². The second kappa shape index (κ2) is 15.0. The van der Waals surface area contributed by atoms with Crippen LogP contribution in [0.15, 0.2) is 12.1 Å². The zero-order chi connectivity index (χ0) is 32.9. The van der Waals surface area contributed by atoms with Gasteiger partial charge in [0, 0.05) is 23.7 Å². The Hall–Kier alpha value is -2.75. The first-order chi connectivity index (χ1) is 22.1. The standard InChI is InChI=1S/C32H50N4O10/c1-2-43-27-15-24(33)23(14-25(27)34-20-37)13-21-8-11-35(12-9-21)18-31(32(40)19-45-29-26(38)17-44-30(29)32)10-4-6-22(16-31)5-3-7-28(39)46-36(41)42/h14-15,20-22,26,28-30,38-40H,2-13,16-19,33H2,1H3,(H,34,37)/t22?,26-,28?,29-,30+,31?,32-/m1/s1. The van der Waals surface area contributed by atoms with Crippen molar-refractivity contribution in [1.29, 1.82) is 0 Å². The van der Waals surface area contributed by atoms with Crippen molar-refractivity contribution in [3.05, 3.63) is 27.8 Å². The first-order valence-corrected chi connectivity index (χ1v) is 16.7. The molecule has 14 heteroatoms. The average Bonchev–Trinajstić information content (AvgIpc) is 3.57. The lowest BCUT2D eigenvalue weighted by Crippen LogP contribution is -2.63. The molecule has 0 aromatic heterocycles. The second-order valence-electron chi connectivity index (χ2n) is 13.6. The van der Waals surface area contributed by atoms with Gasteiger partial charge in [0.25, 0.3) is 5.09 Å². The van der Waals surface area contributed by atoms with Crippen LogP contribution in [0.3, 0.4) is 0 Å². The van der Waals surface area contributed by atoms with Gasteiger partial charge in [0.1, 0.15) is 29.7 Å². The number of nitrogens with two attached hydrogens (primary N) is 1. The van der Waals surface area contributed by atoms with E-state index in [4.69, 9.17) is 19.9 Å². The van der Waals surface area contributed by atoms with Crippen molar-refractivity contribution in [1.82, 2.24) is 4.90 Å². The molecule has 14 nitrogen and oxygen atoms in total. The van der Waals surface area contributed by atoms with Crippen LogP contribution in [0.1, 0.15) is 70.3 Å². The van der Waals surface area contributed by atoms with Crippen LogP contribution in [0.4, 0.5) is 11.4 Å². The third kappa shape index (κ3) is 7.52. The Morgan fingerprint density at radius 3 is 2.76 bits per heavy atom. The molecule has 3 heterocycles. The number of fused-ring (bicyclic) bond motifs is 1. The third-order valence-electron chi connectivity index (χ3n) is 10.7. The number of hydrogen-bond acceptors (Lipinski definition) is 12. The molecule has 4 aliphatic rings. The first kappa shape index (κ1) is 34.6. The molecule has 5 rings (SSSR count). The summed E-state index contributed by atoms with van der Waals surface area (Å²) in [6, 6.07) is 3.68. The molecule has 1 aromatic carbocycles. The molecule has 7 atom stereocenters. The predicted octanol–water partition coefficient (Wildman–Crippen LogP) is 2.25. The summed E-state index contributed by atoms with van der Waals surface area (Å²) in [5.74, 6) is 1.21. The molecule has 0 spiro atoms. The van der Waals surface area contributed by atoms with E-state index in [1.807, 2.05) is 13.0 Å². The van der Waals surface area contributed by atoms with Gasteiger partial charge in [-0.3, -0.25) is 9.63 Å². The monoisotopic (exact) mass is 650 g/mol. The van der Waals surface area contributed by atoms with E-state index in [1.165, 1.54) is 0 Å². The number of piperidine rings is 1. The SMILES string of the molecule is CCOc1cc(N)c(CC2CCN(CC3([C@@]4(O)CO[C@@H]5[C@H](O)CO[C@@H]54)CCCC(CCCC(O)O[N+](=O)[O-])C3)CC2)cc1NC=O. The molecule has 1 amide bonds. The van der Waals surface area contributed by atoms with Crippen LogP contribution >= 0.6 is 0 Å². The fraction of sp³-hybridized carbons (Fsp3) is 0.781. The number of likely N-dealkylation sites (tertiary alicyclic amines) is 1. The van der Waals surface area contributed by atoms with Gasteiger partial charge in [0.2, 0.25) is 12.7 Å². The number of anilines is 2. The zero-order valence-corrected chi connectivity index (χ0v) is 26.7. The Labute approximate surface area is 269 Å². The number of nitrogens with one attached hydrogen (secondary N) is 1. The van der Waals surface area contributed by atoms with Crippen LogP contribution in [-0.4, -0.2) is 101 Å². The summed E-state index contributed by atoms with van der Waals surface area (Å²) in [5, 5.41) is 45.1. The summed E-state index contributed by atoms with van der Waals surface area (Å²) >= 11 is 0. The Kier molecular flexibility index (Phi) is 11.3. The normalized spacial score (nSPS) is 32.5. The molecular formula is C32H50N4O10. The Balaban J connectivity index is 1.26. The lowest BCUT2D eigenvalue weighted by molar-refractivity contribution is -0.780. The summed E-state index contributed by atoms with van der Waals surface area (Å²) in [6.07, 6.45) is 4.83. The van der Waals surface area contributed by atoms with Crippen molar-refractivity contribution >= 4 is 17.8 Å². The van der Waals surface area contributed by atoms with Crippen LogP contribution in [0.5, 0.6) is 5.75 Å². The molecule has 46 heavy (non-hydrogen) atoms. The maximum absolute atomic E-state index is 12.4. The molecule has 1 aliphatic carbocycles. The average molecular weight is 651 g/mol. The van der Waals surface area contributed by atoms with Crippen molar-refractivity contribution < 1.29 is 44.2 Å². The molecule has 4 fully saturated rings. The van der Waals surface area contributed by atoms with Crippen molar-refractivity contribution in [2.45, 2.75) is 101 Å². The van der Waals surface area contributed by atoms with E-state index in [9.17, 15) is 30.2 Å². The molecule has 6 N–H and O–H groups in total. The van der Waals surface area contributed by atoms with Crippen LogP contribution < -0.4 is 15.8 Å². The van der Waals surface area contributed by atoms with Crippen molar-refractivity contribution in [3.8, 4) is 5.75 Å². The number of benzene rings is 1. The van der Waals surface area contributed by atoms with Crippen LogP contribution in [-0.2, 0) is 25.5 Å². The van der Waals surface area contributed by atoms with Gasteiger partial charge < -0.3 is 45.5 Å². The number of aliphatic hydroxyl groups excluding tert-OH is 2. The smallest absolute Gasteiger partial charge is 0.297 e. The molecule has 3 unspecified atom stereocenters. The quantitative estimate of drug-likeness (QED) is 0.0611. The van der Waals surface area contributed by atoms with Gasteiger partial charge in [-0.1, -0.05) is 19.3 Å². The highest BCUT2D eigenvalue weighted by Crippen LogP contribution is 2.54. The minimum atomic E-state index is -1.45. The minimum absolute atomic E-state index is 0.103. The van der Waals surface area contributed by atoms with Gasteiger partial charge in [0.15, 0.2) is 0 Å². The van der Waals surface area contributed by atoms with Gasteiger partial charge in [-0.2, -0.15) is 0 Å². The Bertz CT molecular complexity index is 1200. The molecule has 258 valence electrons. The highest BCUT2D eigenvalue weighted by Gasteiger charge is 2.65. The topological polar surface area (TPSA) is 199 Å². The van der Waals surface area contributed by atoms with Crippen molar-refractivity contribution in [2.24, 2.45) is 17.3 Å². The number of carbonyl (C=O) groups excluding carboxylic acids is 1. The Morgan fingerprint density at radius 1 is 1.26 bits per heavy atom. The van der Waals surface area contributed by atoms with Crippen LogP contribution in [0.25, 0.3) is 0 Å². The van der Waals surface area contributed by atoms with E-state index >= 15 is 0 Å². The molecule has 0 radical (unpaired) electrons. The van der Waals surface area contributed by atoms with Crippen molar-refractivity contribution in [3.63, 3.8) is 0 Å². The van der Waals surface area contributed by atoms with Crippen LogP contribution in [0, 0.1) is 27.4 Å². The number of nitrogen functional groups attached to an aromatic ring is 1. The molecule has 1 saturated carbocycles. The highest BCUT2D eigenvalue weighted by molar-refractivity contribution is 5.78. The molecule has 3 aliphatic heterocycles. The number of rotatable bonds is 15. The van der Waals surface area contributed by atoms with E-state index in [0.717, 1.165) is 70.0 Å². The lowest BCUT2D eigenvalue weighted by atomic mass is 9.58. The maximum atomic E-state index is 12.4. The minimum Gasteiger partial charge on any atom is -0.492 e. The van der Waals surface area contributed by atoms with E-state index in [1.54, 1.807) is 6.07 Å². The predicted molar refractivity (Wildman–Crippen MR) is 167 cm³/mol. The summed E-state index contributed by atoms with van der Waals surface area (Å²) < 4.78 is 17.6. The fourth-order valence-electron chi connectivity index (χ4n) is 8.46. The lowest BCUT2D eigenvalue weighted by Gasteiger charge is -2.53. The summed E-state index contributed by atoms with van der Waals surface area (Å²) in [6.45, 7) is 4.96. The van der Waals surface area contributed by atoms with Gasteiger partial charge in [-0.25, -0.2) is 0 Å². The van der Waals surface area contributed by atoms with Gasteiger partial charge in [-0.15, -0.1) is 10.1 Å². The molecule has 1 aromatic rings. The summed E-state index contributed by atoms with van der Waals surface area (Å²) in [7, 11) is 0. The number of ether oxygens (including phenoxy) is 3. The first-order valence-electron chi connectivity index (χ1n) is 16.7. The fourth-order valence-corrected chi connectivity index (χ4v) is 8.46. The van der Waals surface area contributed by atoms with E-state index < -0.39 is 40.7 Å². The summed E-state index contributed by atoms with van der Waals surface area (Å²) in [5.41, 5.74) is 6.83. The van der Waals surface area contributed by atoms with Gasteiger partial charge >= 0.3 is 0 Å². The van der Waals surface area contributed by atoms with E-state index in [-0.39, 0.29) is 25.6 Å². The largest absolute Gasteiger partial charge is 0.492 e. The van der Waals surface area contributed by atoms with Gasteiger partial charge in [0.05, 0.1) is 25.5 Å². The highest BCUT2D eigenvalue weighted by atomic mass is 17.0. The third-order valence-corrected chi connectivity index (χ3v) is 10.7. The Morgan fingerprint density at radius 2 is 2.04 bits per heavy atom. The van der Waals surface area contributed by atoms with Gasteiger partial charge in [-0.05, 0) is 88.4 Å². The van der Waals surface area contributed by atoms with Crippen LogP contribution in [0.2, 0.25) is 0 Å². The zero-order valence-electron chi connectivity index (χ0n) is 26.7. The maximum Gasteiger partial charge on any atom is 0.297 e. The molecule has 3 saturated heterocycles. The molecular weight excluding hydrogens is 600 g/mol. The number of amides is 1. The number of aliphatic hydroxyl groups is 3. The number of nitrogens with zero attached hydrogens (tertiary/aromatic N) is 2. The molecule has 0 bridgehead atoms.